The normalized spacial score (nSPS) is 10.5. The molecule has 2 rings (SSSR count). The van der Waals surface area contributed by atoms with Gasteiger partial charge in [-0.15, -0.1) is 11.8 Å². The number of aromatic amines is 1. The highest BCUT2D eigenvalue weighted by Crippen LogP contribution is 2.21. The second-order valence-corrected chi connectivity index (χ2v) is 5.56. The standard InChI is InChI=1S/C12H11BrN2OS/c1-2-17-9-5-3-8(4-6-9)11-14-7-10(13)12(16)15-11/h3-7H,2H2,1H3,(H,14,15,16). The molecule has 3 nitrogen and oxygen atoms in total. The molecule has 88 valence electrons. The number of benzene rings is 1. The van der Waals surface area contributed by atoms with Crippen molar-refractivity contribution in [2.75, 3.05) is 5.75 Å². The molecule has 1 heterocycles. The van der Waals surface area contributed by atoms with Crippen molar-refractivity contribution >= 4 is 27.7 Å². The van der Waals surface area contributed by atoms with E-state index in [4.69, 9.17) is 0 Å². The van der Waals surface area contributed by atoms with Crippen LogP contribution >= 0.6 is 27.7 Å². The SMILES string of the molecule is CCSc1ccc(-c2ncc(Br)c(=O)[nH]2)cc1. The Morgan fingerprint density at radius 3 is 2.65 bits per heavy atom. The molecule has 0 fully saturated rings. The van der Waals surface area contributed by atoms with Crippen molar-refractivity contribution in [3.8, 4) is 11.4 Å². The van der Waals surface area contributed by atoms with Crippen LogP contribution in [0, 0.1) is 0 Å². The fourth-order valence-corrected chi connectivity index (χ4v) is 2.27. The van der Waals surface area contributed by atoms with Crippen LogP contribution in [-0.4, -0.2) is 15.7 Å². The van der Waals surface area contributed by atoms with E-state index in [1.54, 1.807) is 11.8 Å². The van der Waals surface area contributed by atoms with Crippen molar-refractivity contribution in [3.05, 3.63) is 45.3 Å². The Morgan fingerprint density at radius 1 is 1.35 bits per heavy atom. The average molecular weight is 311 g/mol. The summed E-state index contributed by atoms with van der Waals surface area (Å²) in [7, 11) is 0. The van der Waals surface area contributed by atoms with Gasteiger partial charge in [0, 0.05) is 16.7 Å². The van der Waals surface area contributed by atoms with Crippen LogP contribution in [0.5, 0.6) is 0 Å². The monoisotopic (exact) mass is 310 g/mol. The van der Waals surface area contributed by atoms with Gasteiger partial charge in [0.05, 0.1) is 0 Å². The molecule has 1 N–H and O–H groups in total. The van der Waals surface area contributed by atoms with Gasteiger partial charge in [0.15, 0.2) is 0 Å². The summed E-state index contributed by atoms with van der Waals surface area (Å²) in [5, 5.41) is 0. The summed E-state index contributed by atoms with van der Waals surface area (Å²) < 4.78 is 0.444. The maximum atomic E-state index is 11.4. The number of thioether (sulfide) groups is 1. The van der Waals surface area contributed by atoms with Gasteiger partial charge in [-0.2, -0.15) is 0 Å². The van der Waals surface area contributed by atoms with Crippen LogP contribution in [0.25, 0.3) is 11.4 Å². The van der Waals surface area contributed by atoms with Crippen molar-refractivity contribution < 1.29 is 0 Å². The first kappa shape index (κ1) is 12.4. The molecule has 0 amide bonds. The van der Waals surface area contributed by atoms with Gasteiger partial charge in [0.1, 0.15) is 10.3 Å². The third kappa shape index (κ3) is 2.98. The van der Waals surface area contributed by atoms with Gasteiger partial charge in [-0.05, 0) is 33.8 Å². The zero-order valence-corrected chi connectivity index (χ0v) is 11.6. The van der Waals surface area contributed by atoms with Crippen molar-refractivity contribution in [1.82, 2.24) is 9.97 Å². The fourth-order valence-electron chi connectivity index (χ4n) is 1.40. The number of hydrogen-bond acceptors (Lipinski definition) is 3. The number of nitrogens with one attached hydrogen (secondary N) is 1. The zero-order chi connectivity index (χ0) is 12.3. The predicted molar refractivity (Wildman–Crippen MR) is 74.4 cm³/mol. The van der Waals surface area contributed by atoms with Gasteiger partial charge in [-0.25, -0.2) is 4.98 Å². The summed E-state index contributed by atoms with van der Waals surface area (Å²) in [5.41, 5.74) is 0.747. The maximum Gasteiger partial charge on any atom is 0.265 e. The Kier molecular flexibility index (Phi) is 4.02. The summed E-state index contributed by atoms with van der Waals surface area (Å²) in [6, 6.07) is 7.99. The molecule has 0 saturated heterocycles. The first-order valence-electron chi connectivity index (χ1n) is 5.18. The van der Waals surface area contributed by atoms with E-state index < -0.39 is 0 Å². The van der Waals surface area contributed by atoms with Crippen LogP contribution in [0.1, 0.15) is 6.92 Å². The molecule has 17 heavy (non-hydrogen) atoms. The van der Waals surface area contributed by atoms with E-state index in [2.05, 4.69) is 32.8 Å². The van der Waals surface area contributed by atoms with Crippen LogP contribution in [-0.2, 0) is 0 Å². The minimum absolute atomic E-state index is 0.165. The van der Waals surface area contributed by atoms with E-state index in [0.29, 0.717) is 10.3 Å². The molecule has 0 unspecified atom stereocenters. The fraction of sp³-hybridized carbons (Fsp3) is 0.167. The Morgan fingerprint density at radius 2 is 2.06 bits per heavy atom. The van der Waals surface area contributed by atoms with Gasteiger partial charge in [0.2, 0.25) is 0 Å². The minimum Gasteiger partial charge on any atom is -0.306 e. The van der Waals surface area contributed by atoms with E-state index >= 15 is 0 Å². The lowest BCUT2D eigenvalue weighted by atomic mass is 10.2. The Hall–Kier alpha value is -1.07. The third-order valence-electron chi connectivity index (χ3n) is 2.19. The molecular weight excluding hydrogens is 300 g/mol. The first-order chi connectivity index (χ1) is 8.20. The molecule has 0 saturated carbocycles. The van der Waals surface area contributed by atoms with E-state index in [1.807, 2.05) is 24.3 Å². The molecule has 0 radical (unpaired) electrons. The molecule has 2 aromatic rings. The Bertz CT molecular complexity index is 565. The summed E-state index contributed by atoms with van der Waals surface area (Å²) in [4.78, 5) is 19.6. The highest BCUT2D eigenvalue weighted by Gasteiger charge is 2.02. The van der Waals surface area contributed by atoms with Crippen LogP contribution in [0.3, 0.4) is 0 Å². The second kappa shape index (κ2) is 5.51. The molecule has 0 atom stereocenters. The zero-order valence-electron chi connectivity index (χ0n) is 9.24. The Labute approximate surface area is 112 Å². The molecule has 0 aliphatic heterocycles. The van der Waals surface area contributed by atoms with E-state index in [1.165, 1.54) is 11.1 Å². The lowest BCUT2D eigenvalue weighted by Crippen LogP contribution is -2.08. The quantitative estimate of drug-likeness (QED) is 0.885. The van der Waals surface area contributed by atoms with Gasteiger partial charge in [-0.1, -0.05) is 19.1 Å². The number of aromatic nitrogens is 2. The smallest absolute Gasteiger partial charge is 0.265 e. The molecule has 5 heteroatoms. The summed E-state index contributed by atoms with van der Waals surface area (Å²) >= 11 is 4.91. The minimum atomic E-state index is -0.165. The van der Waals surface area contributed by atoms with Gasteiger partial charge in [0.25, 0.3) is 5.56 Å². The molecule has 1 aromatic carbocycles. The van der Waals surface area contributed by atoms with Crippen molar-refractivity contribution in [1.29, 1.82) is 0 Å². The molecule has 0 spiro atoms. The maximum absolute atomic E-state index is 11.4. The van der Waals surface area contributed by atoms with Crippen molar-refractivity contribution in [3.63, 3.8) is 0 Å². The van der Waals surface area contributed by atoms with Crippen molar-refractivity contribution in [2.24, 2.45) is 0 Å². The Balaban J connectivity index is 2.33. The van der Waals surface area contributed by atoms with Crippen LogP contribution < -0.4 is 5.56 Å². The number of halogens is 1. The van der Waals surface area contributed by atoms with E-state index in [9.17, 15) is 4.79 Å². The number of nitrogens with zero attached hydrogens (tertiary/aromatic N) is 1. The lowest BCUT2D eigenvalue weighted by molar-refractivity contribution is 1.11. The molecule has 0 aliphatic rings. The highest BCUT2D eigenvalue weighted by molar-refractivity contribution is 9.10. The molecule has 0 aliphatic carbocycles. The van der Waals surface area contributed by atoms with Gasteiger partial charge in [-0.3, -0.25) is 4.79 Å². The van der Waals surface area contributed by atoms with Crippen molar-refractivity contribution in [2.45, 2.75) is 11.8 Å². The number of rotatable bonds is 3. The molecule has 1 aromatic heterocycles. The second-order valence-electron chi connectivity index (χ2n) is 3.37. The third-order valence-corrected chi connectivity index (χ3v) is 3.65. The number of hydrogen-bond donors (Lipinski definition) is 1. The topological polar surface area (TPSA) is 45.8 Å². The molecular formula is C12H11BrN2OS. The van der Waals surface area contributed by atoms with Crippen LogP contribution in [0.4, 0.5) is 0 Å². The largest absolute Gasteiger partial charge is 0.306 e. The highest BCUT2D eigenvalue weighted by atomic mass is 79.9. The lowest BCUT2D eigenvalue weighted by Gasteiger charge is -2.02. The average Bonchev–Trinajstić information content (AvgIpc) is 2.34. The first-order valence-corrected chi connectivity index (χ1v) is 6.96. The summed E-state index contributed by atoms with van der Waals surface area (Å²) in [6.07, 6.45) is 1.52. The van der Waals surface area contributed by atoms with E-state index in [-0.39, 0.29) is 5.56 Å². The predicted octanol–water partition coefficient (Wildman–Crippen LogP) is 3.31. The summed E-state index contributed by atoms with van der Waals surface area (Å²) in [6.45, 7) is 2.12. The van der Waals surface area contributed by atoms with Crippen LogP contribution in [0.2, 0.25) is 0 Å². The van der Waals surface area contributed by atoms with Gasteiger partial charge < -0.3 is 4.98 Å². The van der Waals surface area contributed by atoms with Gasteiger partial charge >= 0.3 is 0 Å². The number of H-pyrrole nitrogens is 1. The van der Waals surface area contributed by atoms with E-state index in [0.717, 1.165) is 11.3 Å². The van der Waals surface area contributed by atoms with Crippen LogP contribution in [0.15, 0.2) is 44.6 Å². The summed E-state index contributed by atoms with van der Waals surface area (Å²) in [5.74, 6) is 1.64. The molecule has 0 bridgehead atoms.